The number of nitrogens with zero attached hydrogens (tertiary/aromatic N) is 1. The number of carbonyl (C=O) groups is 1. The van der Waals surface area contributed by atoms with Crippen molar-refractivity contribution in [2.45, 2.75) is 31.4 Å². The molecule has 0 spiro atoms. The number of nitrogens with two attached hydrogens (primary N) is 1. The maximum absolute atomic E-state index is 12.4. The van der Waals surface area contributed by atoms with Gasteiger partial charge in [-0.05, 0) is 30.5 Å². The van der Waals surface area contributed by atoms with Crippen LogP contribution in [-0.2, 0) is 9.53 Å². The van der Waals surface area contributed by atoms with E-state index < -0.39 is 0 Å². The van der Waals surface area contributed by atoms with Crippen LogP contribution < -0.4 is 5.73 Å². The Morgan fingerprint density at radius 3 is 2.80 bits per heavy atom. The van der Waals surface area contributed by atoms with Gasteiger partial charge in [-0.15, -0.1) is 0 Å². The molecule has 1 fully saturated rings. The Bertz CT molecular complexity index is 446. The third-order valence-corrected chi connectivity index (χ3v) is 4.08. The van der Waals surface area contributed by atoms with Gasteiger partial charge in [-0.3, -0.25) is 4.79 Å². The van der Waals surface area contributed by atoms with Crippen LogP contribution in [0.5, 0.6) is 0 Å². The summed E-state index contributed by atoms with van der Waals surface area (Å²) >= 11 is 5.91. The summed E-state index contributed by atoms with van der Waals surface area (Å²) in [4.78, 5) is 14.3. The molecule has 2 N–H and O–H groups in total. The number of ether oxygens (including phenoxy) is 1. The third-order valence-electron chi connectivity index (χ3n) is 3.83. The van der Waals surface area contributed by atoms with Crippen molar-refractivity contribution in [3.8, 4) is 0 Å². The minimum absolute atomic E-state index is 0.111. The SMILES string of the molecule is COC(CN)CC(=O)N1CCCC1c1ccc(Cl)cc1. The number of rotatable bonds is 5. The van der Waals surface area contributed by atoms with Gasteiger partial charge in [-0.1, -0.05) is 23.7 Å². The lowest BCUT2D eigenvalue weighted by Gasteiger charge is -2.26. The first-order valence-corrected chi connectivity index (χ1v) is 7.31. The molecule has 1 aromatic rings. The summed E-state index contributed by atoms with van der Waals surface area (Å²) in [5, 5.41) is 0.715. The summed E-state index contributed by atoms with van der Waals surface area (Å²) in [6, 6.07) is 7.88. The molecule has 1 heterocycles. The maximum atomic E-state index is 12.4. The second-order valence-electron chi connectivity index (χ2n) is 5.09. The zero-order valence-electron chi connectivity index (χ0n) is 11.7. The minimum Gasteiger partial charge on any atom is -0.380 e. The molecule has 2 unspecified atom stereocenters. The molecule has 1 aliphatic heterocycles. The highest BCUT2D eigenvalue weighted by Gasteiger charge is 2.30. The summed E-state index contributed by atoms with van der Waals surface area (Å²) in [6.45, 7) is 1.16. The van der Waals surface area contributed by atoms with Crippen LogP contribution in [-0.4, -0.2) is 37.1 Å². The monoisotopic (exact) mass is 296 g/mol. The van der Waals surface area contributed by atoms with Gasteiger partial charge in [-0.2, -0.15) is 0 Å². The fraction of sp³-hybridized carbons (Fsp3) is 0.533. The molecule has 0 saturated carbocycles. The van der Waals surface area contributed by atoms with Crippen molar-refractivity contribution in [1.82, 2.24) is 4.90 Å². The van der Waals surface area contributed by atoms with Gasteiger partial charge in [-0.25, -0.2) is 0 Å². The zero-order chi connectivity index (χ0) is 14.5. The fourth-order valence-corrected chi connectivity index (χ4v) is 2.80. The van der Waals surface area contributed by atoms with Crippen molar-refractivity contribution in [2.24, 2.45) is 5.73 Å². The van der Waals surface area contributed by atoms with Crippen LogP contribution in [0.15, 0.2) is 24.3 Å². The Morgan fingerprint density at radius 2 is 2.20 bits per heavy atom. The molecule has 1 aromatic carbocycles. The van der Waals surface area contributed by atoms with Gasteiger partial charge in [0, 0.05) is 25.2 Å². The summed E-state index contributed by atoms with van der Waals surface area (Å²) in [6.07, 6.45) is 2.17. The van der Waals surface area contributed by atoms with E-state index in [1.165, 1.54) is 0 Å². The predicted octanol–water partition coefficient (Wildman–Crippen LogP) is 2.37. The van der Waals surface area contributed by atoms with E-state index >= 15 is 0 Å². The Labute approximate surface area is 124 Å². The number of methoxy groups -OCH3 is 1. The summed E-state index contributed by atoms with van der Waals surface area (Å²) < 4.78 is 5.20. The van der Waals surface area contributed by atoms with E-state index in [4.69, 9.17) is 22.1 Å². The molecule has 0 radical (unpaired) electrons. The highest BCUT2D eigenvalue weighted by molar-refractivity contribution is 6.30. The van der Waals surface area contributed by atoms with Crippen molar-refractivity contribution < 1.29 is 9.53 Å². The smallest absolute Gasteiger partial charge is 0.225 e. The van der Waals surface area contributed by atoms with E-state index in [1.54, 1.807) is 7.11 Å². The van der Waals surface area contributed by atoms with Crippen LogP contribution in [0.2, 0.25) is 5.02 Å². The molecule has 1 saturated heterocycles. The van der Waals surface area contributed by atoms with E-state index in [0.29, 0.717) is 18.0 Å². The lowest BCUT2D eigenvalue weighted by Crippen LogP contribution is -2.35. The number of amides is 1. The molecule has 110 valence electrons. The molecule has 1 amide bonds. The lowest BCUT2D eigenvalue weighted by molar-refractivity contribution is -0.134. The first-order valence-electron chi connectivity index (χ1n) is 6.93. The minimum atomic E-state index is -0.200. The van der Waals surface area contributed by atoms with Crippen LogP contribution in [0.4, 0.5) is 0 Å². The van der Waals surface area contributed by atoms with Crippen LogP contribution in [0, 0.1) is 0 Å². The topological polar surface area (TPSA) is 55.6 Å². The van der Waals surface area contributed by atoms with E-state index in [9.17, 15) is 4.79 Å². The van der Waals surface area contributed by atoms with Crippen molar-refractivity contribution in [1.29, 1.82) is 0 Å². The van der Waals surface area contributed by atoms with E-state index in [2.05, 4.69) is 0 Å². The first-order chi connectivity index (χ1) is 9.65. The van der Waals surface area contributed by atoms with Crippen LogP contribution in [0.3, 0.4) is 0 Å². The van der Waals surface area contributed by atoms with Gasteiger partial charge in [0.05, 0.1) is 18.6 Å². The molecule has 4 nitrogen and oxygen atoms in total. The summed E-state index contributed by atoms with van der Waals surface area (Å²) in [5.41, 5.74) is 6.72. The maximum Gasteiger partial charge on any atom is 0.225 e. The average molecular weight is 297 g/mol. The van der Waals surface area contributed by atoms with Crippen LogP contribution >= 0.6 is 11.6 Å². The van der Waals surface area contributed by atoms with Crippen LogP contribution in [0.25, 0.3) is 0 Å². The average Bonchev–Trinajstić information content (AvgIpc) is 2.94. The van der Waals surface area contributed by atoms with Gasteiger partial charge in [0.2, 0.25) is 5.91 Å². The number of likely N-dealkylation sites (tertiary alicyclic amines) is 1. The molecule has 0 bridgehead atoms. The Balaban J connectivity index is 2.06. The van der Waals surface area contributed by atoms with Gasteiger partial charge < -0.3 is 15.4 Å². The number of benzene rings is 1. The van der Waals surface area contributed by atoms with Crippen molar-refractivity contribution >= 4 is 17.5 Å². The van der Waals surface area contributed by atoms with Crippen molar-refractivity contribution in [3.63, 3.8) is 0 Å². The van der Waals surface area contributed by atoms with Crippen molar-refractivity contribution in [2.75, 3.05) is 20.2 Å². The van der Waals surface area contributed by atoms with Crippen molar-refractivity contribution in [3.05, 3.63) is 34.9 Å². The number of hydrogen-bond donors (Lipinski definition) is 1. The predicted molar refractivity (Wildman–Crippen MR) is 79.6 cm³/mol. The van der Waals surface area contributed by atoms with Gasteiger partial charge in [0.1, 0.15) is 0 Å². The lowest BCUT2D eigenvalue weighted by atomic mass is 10.0. The van der Waals surface area contributed by atoms with Gasteiger partial charge in [0.25, 0.3) is 0 Å². The van der Waals surface area contributed by atoms with E-state index in [1.807, 2.05) is 29.2 Å². The molecule has 20 heavy (non-hydrogen) atoms. The zero-order valence-corrected chi connectivity index (χ0v) is 12.5. The third kappa shape index (κ3) is 3.51. The van der Waals surface area contributed by atoms with Gasteiger partial charge in [0.15, 0.2) is 0 Å². The number of halogens is 1. The summed E-state index contributed by atoms with van der Waals surface area (Å²) in [5.74, 6) is 0.111. The molecular weight excluding hydrogens is 276 g/mol. The molecule has 0 aromatic heterocycles. The molecule has 2 rings (SSSR count). The Morgan fingerprint density at radius 1 is 1.50 bits per heavy atom. The second kappa shape index (κ2) is 7.07. The van der Waals surface area contributed by atoms with Gasteiger partial charge >= 0.3 is 0 Å². The van der Waals surface area contributed by atoms with E-state index in [0.717, 1.165) is 24.9 Å². The van der Waals surface area contributed by atoms with Crippen LogP contribution in [0.1, 0.15) is 30.9 Å². The van der Waals surface area contributed by atoms with E-state index in [-0.39, 0.29) is 18.1 Å². The Hall–Kier alpha value is -1.10. The molecule has 2 atom stereocenters. The molecule has 5 heteroatoms. The quantitative estimate of drug-likeness (QED) is 0.907. The number of hydrogen-bond acceptors (Lipinski definition) is 3. The first kappa shape index (κ1) is 15.3. The summed E-state index contributed by atoms with van der Waals surface area (Å²) in [7, 11) is 1.59. The normalized spacial score (nSPS) is 20.1. The highest BCUT2D eigenvalue weighted by Crippen LogP contribution is 2.33. The fourth-order valence-electron chi connectivity index (χ4n) is 2.67. The number of carbonyl (C=O) groups excluding carboxylic acids is 1. The molecule has 0 aliphatic carbocycles. The molecular formula is C15H21ClN2O2. The standard InChI is InChI=1S/C15H21ClN2O2/c1-20-13(10-17)9-15(19)18-8-2-3-14(18)11-4-6-12(16)7-5-11/h4-7,13-14H,2-3,8-10,17H2,1H3. The highest BCUT2D eigenvalue weighted by atomic mass is 35.5. The Kier molecular flexibility index (Phi) is 5.40. The molecule has 1 aliphatic rings. The largest absolute Gasteiger partial charge is 0.380 e. The second-order valence-corrected chi connectivity index (χ2v) is 5.53.